The molecule has 0 radical (unpaired) electrons. The minimum Gasteiger partial charge on any atom is -0.480 e. The standard InChI is InChI=1S/C17H32N2O2/c1-3-18-17(16(20)21)12-7-8-14(17)11-13-19(4-2)15-9-5-6-10-15/h14-15,18H,3-13H2,1-2H3,(H,20,21). The molecule has 4 heteroatoms. The number of carboxylic acids is 1. The largest absolute Gasteiger partial charge is 0.480 e. The molecular formula is C17H32N2O2. The zero-order valence-electron chi connectivity index (χ0n) is 13.7. The number of carboxylic acid groups (broad SMARTS) is 1. The fourth-order valence-electron chi connectivity index (χ4n) is 4.56. The Morgan fingerprint density at radius 1 is 1.24 bits per heavy atom. The highest BCUT2D eigenvalue weighted by molar-refractivity contribution is 5.79. The lowest BCUT2D eigenvalue weighted by Crippen LogP contribution is -2.55. The molecule has 21 heavy (non-hydrogen) atoms. The summed E-state index contributed by atoms with van der Waals surface area (Å²) >= 11 is 0. The summed E-state index contributed by atoms with van der Waals surface area (Å²) in [6, 6.07) is 0.745. The first-order valence-electron chi connectivity index (χ1n) is 8.86. The summed E-state index contributed by atoms with van der Waals surface area (Å²) < 4.78 is 0. The number of hydrogen-bond acceptors (Lipinski definition) is 3. The van der Waals surface area contributed by atoms with Gasteiger partial charge in [-0.2, -0.15) is 0 Å². The zero-order chi connectivity index (χ0) is 15.3. The quantitative estimate of drug-likeness (QED) is 0.723. The number of nitrogens with zero attached hydrogens (tertiary/aromatic N) is 1. The Balaban J connectivity index is 1.95. The molecule has 4 nitrogen and oxygen atoms in total. The SMILES string of the molecule is CCNC1(C(=O)O)CCCC1CCN(CC)C1CCCC1. The Morgan fingerprint density at radius 2 is 1.95 bits per heavy atom. The second kappa shape index (κ2) is 7.59. The number of carbonyl (C=O) groups is 1. The Bertz CT molecular complexity index is 342. The van der Waals surface area contributed by atoms with E-state index in [2.05, 4.69) is 17.1 Å². The van der Waals surface area contributed by atoms with Crippen molar-refractivity contribution in [3.8, 4) is 0 Å². The molecule has 2 aliphatic rings. The van der Waals surface area contributed by atoms with Crippen molar-refractivity contribution in [3.63, 3.8) is 0 Å². The third-order valence-electron chi connectivity index (χ3n) is 5.71. The number of likely N-dealkylation sites (N-methyl/N-ethyl adjacent to an activating group) is 1. The predicted molar refractivity (Wildman–Crippen MR) is 85.5 cm³/mol. The van der Waals surface area contributed by atoms with Crippen LogP contribution in [0.1, 0.15) is 65.2 Å². The van der Waals surface area contributed by atoms with E-state index in [0.29, 0.717) is 0 Å². The van der Waals surface area contributed by atoms with Gasteiger partial charge in [-0.05, 0) is 57.7 Å². The Kier molecular flexibility index (Phi) is 6.06. The molecule has 0 spiro atoms. The summed E-state index contributed by atoms with van der Waals surface area (Å²) in [5.41, 5.74) is -0.663. The van der Waals surface area contributed by atoms with Crippen molar-refractivity contribution in [1.29, 1.82) is 0 Å². The van der Waals surface area contributed by atoms with Gasteiger partial charge in [0.05, 0.1) is 0 Å². The molecule has 2 unspecified atom stereocenters. The van der Waals surface area contributed by atoms with E-state index in [-0.39, 0.29) is 5.92 Å². The smallest absolute Gasteiger partial charge is 0.324 e. The Labute approximate surface area is 129 Å². The van der Waals surface area contributed by atoms with Crippen LogP contribution in [0.25, 0.3) is 0 Å². The van der Waals surface area contributed by atoms with Crippen LogP contribution in [0.3, 0.4) is 0 Å². The highest BCUT2D eigenvalue weighted by atomic mass is 16.4. The second-order valence-corrected chi connectivity index (χ2v) is 6.75. The molecule has 2 N–H and O–H groups in total. The maximum absolute atomic E-state index is 11.8. The van der Waals surface area contributed by atoms with Gasteiger partial charge in [0.25, 0.3) is 0 Å². The van der Waals surface area contributed by atoms with E-state index in [1.165, 1.54) is 25.7 Å². The first-order chi connectivity index (χ1) is 10.1. The van der Waals surface area contributed by atoms with Crippen LogP contribution in [0, 0.1) is 5.92 Å². The van der Waals surface area contributed by atoms with Crippen LogP contribution < -0.4 is 5.32 Å². The molecule has 2 saturated carbocycles. The van der Waals surface area contributed by atoms with Crippen LogP contribution in [-0.2, 0) is 4.79 Å². The second-order valence-electron chi connectivity index (χ2n) is 6.75. The summed E-state index contributed by atoms with van der Waals surface area (Å²) in [7, 11) is 0. The minimum atomic E-state index is -0.663. The lowest BCUT2D eigenvalue weighted by molar-refractivity contribution is -0.146. The van der Waals surface area contributed by atoms with Crippen LogP contribution in [0.2, 0.25) is 0 Å². The highest BCUT2D eigenvalue weighted by Crippen LogP contribution is 2.38. The summed E-state index contributed by atoms with van der Waals surface area (Å²) in [6.07, 6.45) is 9.29. The van der Waals surface area contributed by atoms with Crippen LogP contribution >= 0.6 is 0 Å². The maximum Gasteiger partial charge on any atom is 0.324 e. The minimum absolute atomic E-state index is 0.283. The van der Waals surface area contributed by atoms with Crippen LogP contribution in [0.5, 0.6) is 0 Å². The molecule has 2 atom stereocenters. The Hall–Kier alpha value is -0.610. The fraction of sp³-hybridized carbons (Fsp3) is 0.941. The van der Waals surface area contributed by atoms with E-state index >= 15 is 0 Å². The van der Waals surface area contributed by atoms with Crippen LogP contribution in [-0.4, -0.2) is 47.2 Å². The van der Waals surface area contributed by atoms with Crippen LogP contribution in [0.4, 0.5) is 0 Å². The van der Waals surface area contributed by atoms with Crippen molar-refractivity contribution >= 4 is 5.97 Å². The molecule has 0 bridgehead atoms. The number of aliphatic carboxylic acids is 1. The lowest BCUT2D eigenvalue weighted by Gasteiger charge is -2.35. The van der Waals surface area contributed by atoms with E-state index in [0.717, 1.165) is 51.4 Å². The molecule has 0 saturated heterocycles. The number of nitrogens with one attached hydrogen (secondary N) is 1. The van der Waals surface area contributed by atoms with Crippen molar-refractivity contribution < 1.29 is 9.90 Å². The molecule has 0 aromatic carbocycles. The molecular weight excluding hydrogens is 264 g/mol. The zero-order valence-corrected chi connectivity index (χ0v) is 13.7. The Morgan fingerprint density at radius 3 is 2.52 bits per heavy atom. The van der Waals surface area contributed by atoms with Gasteiger partial charge in [-0.15, -0.1) is 0 Å². The average Bonchev–Trinajstić information content (AvgIpc) is 3.11. The first kappa shape index (κ1) is 16.8. The van der Waals surface area contributed by atoms with Gasteiger partial charge in [-0.25, -0.2) is 0 Å². The first-order valence-corrected chi connectivity index (χ1v) is 8.86. The van der Waals surface area contributed by atoms with Crippen molar-refractivity contribution in [1.82, 2.24) is 10.2 Å². The van der Waals surface area contributed by atoms with Gasteiger partial charge in [0.15, 0.2) is 0 Å². The third kappa shape index (κ3) is 3.59. The van der Waals surface area contributed by atoms with Gasteiger partial charge >= 0.3 is 5.97 Å². The average molecular weight is 296 g/mol. The van der Waals surface area contributed by atoms with E-state index in [1.807, 2.05) is 6.92 Å². The van der Waals surface area contributed by atoms with Crippen molar-refractivity contribution in [2.45, 2.75) is 76.8 Å². The monoisotopic (exact) mass is 296 g/mol. The molecule has 0 aromatic heterocycles. The molecule has 2 rings (SSSR count). The number of hydrogen-bond donors (Lipinski definition) is 2. The topological polar surface area (TPSA) is 52.6 Å². The van der Waals surface area contributed by atoms with Crippen molar-refractivity contribution in [2.75, 3.05) is 19.6 Å². The summed E-state index contributed by atoms with van der Waals surface area (Å²) in [5.74, 6) is -0.360. The van der Waals surface area contributed by atoms with Gasteiger partial charge in [-0.1, -0.05) is 33.1 Å². The molecule has 122 valence electrons. The summed E-state index contributed by atoms with van der Waals surface area (Å²) in [6.45, 7) is 7.15. The lowest BCUT2D eigenvalue weighted by atomic mass is 9.84. The molecule has 0 aromatic rings. The third-order valence-corrected chi connectivity index (χ3v) is 5.71. The van der Waals surface area contributed by atoms with Gasteiger partial charge in [-0.3, -0.25) is 4.79 Å². The molecule has 0 heterocycles. The summed E-state index contributed by atoms with van der Waals surface area (Å²) in [4.78, 5) is 14.4. The van der Waals surface area contributed by atoms with E-state index in [1.54, 1.807) is 0 Å². The van der Waals surface area contributed by atoms with E-state index in [9.17, 15) is 9.90 Å². The van der Waals surface area contributed by atoms with E-state index < -0.39 is 11.5 Å². The molecule has 0 aliphatic heterocycles. The van der Waals surface area contributed by atoms with Gasteiger partial charge in [0, 0.05) is 6.04 Å². The van der Waals surface area contributed by atoms with Gasteiger partial charge in [0.2, 0.25) is 0 Å². The predicted octanol–water partition coefficient (Wildman–Crippen LogP) is 2.87. The fourth-order valence-corrected chi connectivity index (χ4v) is 4.56. The molecule has 2 aliphatic carbocycles. The van der Waals surface area contributed by atoms with Gasteiger partial charge < -0.3 is 15.3 Å². The van der Waals surface area contributed by atoms with Gasteiger partial charge in [0.1, 0.15) is 5.54 Å². The molecule has 0 amide bonds. The normalized spacial score (nSPS) is 30.3. The maximum atomic E-state index is 11.8. The van der Waals surface area contributed by atoms with Crippen LogP contribution in [0.15, 0.2) is 0 Å². The number of rotatable bonds is 8. The summed E-state index contributed by atoms with van der Waals surface area (Å²) in [5, 5.41) is 13.0. The van der Waals surface area contributed by atoms with Crippen molar-refractivity contribution in [2.24, 2.45) is 5.92 Å². The molecule has 2 fully saturated rings. The van der Waals surface area contributed by atoms with E-state index in [4.69, 9.17) is 0 Å². The highest BCUT2D eigenvalue weighted by Gasteiger charge is 2.48. The van der Waals surface area contributed by atoms with Crippen molar-refractivity contribution in [3.05, 3.63) is 0 Å².